The molecule has 0 N–H and O–H groups in total. The third-order valence-electron chi connectivity index (χ3n) is 4.57. The molecule has 128 valence electrons. The second kappa shape index (κ2) is 7.05. The lowest BCUT2D eigenvalue weighted by atomic mass is 10.1. The maximum Gasteiger partial charge on any atom is 0.320 e. The summed E-state index contributed by atoms with van der Waals surface area (Å²) in [5.74, 6) is 0.744. The first-order valence-electron chi connectivity index (χ1n) is 8.35. The van der Waals surface area contributed by atoms with Crippen LogP contribution in [0, 0.1) is 25.2 Å². The molecule has 0 aliphatic carbocycles. The monoisotopic (exact) mass is 329 g/mol. The number of amides is 2. The molecule has 0 atom stereocenters. The van der Waals surface area contributed by atoms with Crippen LogP contribution >= 0.6 is 0 Å². The van der Waals surface area contributed by atoms with Gasteiger partial charge in [0.2, 0.25) is 0 Å². The van der Waals surface area contributed by atoms with Crippen LogP contribution in [0.15, 0.2) is 6.07 Å². The highest BCUT2D eigenvalue weighted by molar-refractivity contribution is 5.75. The van der Waals surface area contributed by atoms with Crippen molar-refractivity contribution in [2.24, 2.45) is 0 Å². The Bertz CT molecular complexity index is 656. The van der Waals surface area contributed by atoms with Gasteiger partial charge < -0.3 is 19.4 Å². The van der Waals surface area contributed by atoms with Crippen LogP contribution in [-0.2, 0) is 4.74 Å². The topological polar surface area (TPSA) is 72.7 Å². The van der Waals surface area contributed by atoms with Gasteiger partial charge in [0.25, 0.3) is 0 Å². The van der Waals surface area contributed by atoms with E-state index in [2.05, 4.69) is 16.0 Å². The van der Waals surface area contributed by atoms with Crippen molar-refractivity contribution in [3.05, 3.63) is 22.9 Å². The summed E-state index contributed by atoms with van der Waals surface area (Å²) in [5, 5.41) is 9.43. The molecule has 0 radical (unpaired) electrons. The van der Waals surface area contributed by atoms with Gasteiger partial charge in [-0.25, -0.2) is 9.78 Å². The van der Waals surface area contributed by atoms with Crippen LogP contribution in [-0.4, -0.2) is 73.3 Å². The summed E-state index contributed by atoms with van der Waals surface area (Å²) in [6.45, 7) is 9.12. The molecule has 1 aromatic heterocycles. The fourth-order valence-electron chi connectivity index (χ4n) is 3.25. The van der Waals surface area contributed by atoms with E-state index in [1.165, 1.54) is 0 Å². The number of hydrogen-bond donors (Lipinski definition) is 0. The van der Waals surface area contributed by atoms with Gasteiger partial charge in [-0.05, 0) is 25.5 Å². The van der Waals surface area contributed by atoms with E-state index in [-0.39, 0.29) is 6.03 Å². The fraction of sp³-hybridized carbons (Fsp3) is 0.588. The highest BCUT2D eigenvalue weighted by Crippen LogP contribution is 2.23. The van der Waals surface area contributed by atoms with Crippen molar-refractivity contribution >= 4 is 11.8 Å². The number of piperazine rings is 1. The van der Waals surface area contributed by atoms with Crippen molar-refractivity contribution in [1.82, 2.24) is 14.8 Å². The Labute approximate surface area is 142 Å². The molecule has 2 saturated heterocycles. The van der Waals surface area contributed by atoms with Crippen molar-refractivity contribution in [2.75, 3.05) is 57.4 Å². The molecule has 0 bridgehead atoms. The first kappa shape index (κ1) is 16.5. The number of ether oxygens (including phenoxy) is 1. The number of nitriles is 1. The van der Waals surface area contributed by atoms with Crippen LogP contribution in [0.5, 0.6) is 0 Å². The second-order valence-electron chi connectivity index (χ2n) is 6.25. The summed E-state index contributed by atoms with van der Waals surface area (Å²) in [4.78, 5) is 23.0. The smallest absolute Gasteiger partial charge is 0.320 e. The summed E-state index contributed by atoms with van der Waals surface area (Å²) >= 11 is 0. The minimum absolute atomic E-state index is 0.0897. The summed E-state index contributed by atoms with van der Waals surface area (Å²) in [6.07, 6.45) is 0. The largest absolute Gasteiger partial charge is 0.378 e. The zero-order valence-electron chi connectivity index (χ0n) is 14.3. The number of nitrogens with zero attached hydrogens (tertiary/aromatic N) is 5. The molecule has 7 heteroatoms. The minimum Gasteiger partial charge on any atom is -0.378 e. The molecule has 1 aromatic rings. The number of hydrogen-bond acceptors (Lipinski definition) is 5. The number of carbonyl (C=O) groups is 1. The van der Waals surface area contributed by atoms with Gasteiger partial charge in [-0.3, -0.25) is 0 Å². The van der Waals surface area contributed by atoms with Crippen LogP contribution in [0.4, 0.5) is 10.6 Å². The molecule has 2 fully saturated rings. The summed E-state index contributed by atoms with van der Waals surface area (Å²) in [6, 6.07) is 4.29. The van der Waals surface area contributed by atoms with E-state index in [0.717, 1.165) is 17.1 Å². The van der Waals surface area contributed by atoms with Gasteiger partial charge in [0.05, 0.1) is 18.8 Å². The number of rotatable bonds is 1. The van der Waals surface area contributed by atoms with E-state index in [1.807, 2.05) is 29.7 Å². The highest BCUT2D eigenvalue weighted by Gasteiger charge is 2.28. The molecule has 7 nitrogen and oxygen atoms in total. The summed E-state index contributed by atoms with van der Waals surface area (Å²) in [5.41, 5.74) is 2.49. The molecule has 2 aliphatic rings. The van der Waals surface area contributed by atoms with Crippen LogP contribution in [0.3, 0.4) is 0 Å². The standard InChI is InChI=1S/C17H23N5O2/c1-13-11-14(2)19-16(15(13)12-18)20-3-5-21(6-4-20)17(23)22-7-9-24-10-8-22/h11H,3-10H2,1-2H3. The van der Waals surface area contributed by atoms with Crippen molar-refractivity contribution in [3.63, 3.8) is 0 Å². The maximum absolute atomic E-state index is 12.5. The van der Waals surface area contributed by atoms with E-state index in [0.29, 0.717) is 58.0 Å². The normalized spacial score (nSPS) is 18.5. The van der Waals surface area contributed by atoms with Crippen molar-refractivity contribution < 1.29 is 9.53 Å². The molecule has 3 heterocycles. The van der Waals surface area contributed by atoms with Gasteiger partial charge in [-0.1, -0.05) is 0 Å². The molecule has 0 spiro atoms. The van der Waals surface area contributed by atoms with Gasteiger partial charge in [0, 0.05) is 45.0 Å². The molecule has 2 aliphatic heterocycles. The lowest BCUT2D eigenvalue weighted by Gasteiger charge is -2.39. The summed E-state index contributed by atoms with van der Waals surface area (Å²) in [7, 11) is 0. The molecule has 2 amide bonds. The van der Waals surface area contributed by atoms with Crippen LogP contribution in [0.2, 0.25) is 0 Å². The van der Waals surface area contributed by atoms with E-state index < -0.39 is 0 Å². The Morgan fingerprint density at radius 3 is 2.38 bits per heavy atom. The van der Waals surface area contributed by atoms with Gasteiger partial charge in [-0.2, -0.15) is 5.26 Å². The Morgan fingerprint density at radius 1 is 1.12 bits per heavy atom. The molecular formula is C17H23N5O2. The number of urea groups is 1. The minimum atomic E-state index is 0.0897. The molecule has 3 rings (SSSR count). The van der Waals surface area contributed by atoms with E-state index in [9.17, 15) is 10.1 Å². The fourth-order valence-corrected chi connectivity index (χ4v) is 3.25. The van der Waals surface area contributed by atoms with Gasteiger partial charge in [0.1, 0.15) is 11.9 Å². The second-order valence-corrected chi connectivity index (χ2v) is 6.25. The number of aromatic nitrogens is 1. The molecule has 0 aromatic carbocycles. The average Bonchev–Trinajstić information content (AvgIpc) is 2.61. The van der Waals surface area contributed by atoms with Crippen LogP contribution < -0.4 is 4.90 Å². The van der Waals surface area contributed by atoms with Crippen LogP contribution in [0.1, 0.15) is 16.8 Å². The van der Waals surface area contributed by atoms with E-state index in [1.54, 1.807) is 0 Å². The van der Waals surface area contributed by atoms with E-state index >= 15 is 0 Å². The maximum atomic E-state index is 12.5. The van der Waals surface area contributed by atoms with Gasteiger partial charge >= 0.3 is 6.03 Å². The van der Waals surface area contributed by atoms with Crippen molar-refractivity contribution in [1.29, 1.82) is 5.26 Å². The lowest BCUT2D eigenvalue weighted by molar-refractivity contribution is 0.0428. The third kappa shape index (κ3) is 3.29. The predicted molar refractivity (Wildman–Crippen MR) is 90.0 cm³/mol. The van der Waals surface area contributed by atoms with Crippen LogP contribution in [0.25, 0.3) is 0 Å². The third-order valence-corrected chi connectivity index (χ3v) is 4.57. The first-order valence-corrected chi connectivity index (χ1v) is 8.35. The SMILES string of the molecule is Cc1cc(C)c(C#N)c(N2CCN(C(=O)N3CCOCC3)CC2)n1. The number of pyridine rings is 1. The number of anilines is 1. The Morgan fingerprint density at radius 2 is 1.75 bits per heavy atom. The van der Waals surface area contributed by atoms with Gasteiger partial charge in [0.15, 0.2) is 0 Å². The van der Waals surface area contributed by atoms with E-state index in [4.69, 9.17) is 4.74 Å². The average molecular weight is 329 g/mol. The molecule has 24 heavy (non-hydrogen) atoms. The zero-order chi connectivity index (χ0) is 17.1. The quantitative estimate of drug-likeness (QED) is 0.773. The Hall–Kier alpha value is -2.33. The highest BCUT2D eigenvalue weighted by atomic mass is 16.5. The number of aryl methyl sites for hydroxylation is 2. The predicted octanol–water partition coefficient (Wildman–Crippen LogP) is 1.14. The summed E-state index contributed by atoms with van der Waals surface area (Å²) < 4.78 is 5.30. The van der Waals surface area contributed by atoms with Crippen molar-refractivity contribution in [2.45, 2.75) is 13.8 Å². The molecular weight excluding hydrogens is 306 g/mol. The number of morpholine rings is 1. The number of carbonyl (C=O) groups excluding carboxylic acids is 1. The Balaban J connectivity index is 1.67. The molecule has 0 unspecified atom stereocenters. The van der Waals surface area contributed by atoms with Crippen molar-refractivity contribution in [3.8, 4) is 6.07 Å². The molecule has 0 saturated carbocycles. The zero-order valence-corrected chi connectivity index (χ0v) is 14.3. The lowest BCUT2D eigenvalue weighted by Crippen LogP contribution is -2.55. The first-order chi connectivity index (χ1) is 11.6. The van der Waals surface area contributed by atoms with Gasteiger partial charge in [-0.15, -0.1) is 0 Å². The Kier molecular flexibility index (Phi) is 4.86.